The molecule has 0 fully saturated rings. The van der Waals surface area contributed by atoms with E-state index in [2.05, 4.69) is 0 Å². The van der Waals surface area contributed by atoms with Crippen molar-refractivity contribution in [1.29, 1.82) is 0 Å². The predicted molar refractivity (Wildman–Crippen MR) is 90.1 cm³/mol. The largest absolute Gasteiger partial charge is 0.274 e. The molecule has 0 radical (unpaired) electrons. The highest BCUT2D eigenvalue weighted by Gasteiger charge is 2.20. The van der Waals surface area contributed by atoms with Gasteiger partial charge in [-0.2, -0.15) is 0 Å². The van der Waals surface area contributed by atoms with Crippen LogP contribution in [0.2, 0.25) is 0 Å². The van der Waals surface area contributed by atoms with Crippen LogP contribution < -0.4 is 22.2 Å². The molecule has 0 aliphatic carbocycles. The lowest BCUT2D eigenvalue weighted by Crippen LogP contribution is -2.28. The molecule has 0 saturated heterocycles. The summed E-state index contributed by atoms with van der Waals surface area (Å²) in [4.78, 5) is 49.7. The van der Waals surface area contributed by atoms with Gasteiger partial charge in [-0.1, -0.05) is 13.8 Å². The molecule has 0 saturated carbocycles. The Morgan fingerprint density at radius 3 is 1.48 bits per heavy atom. The zero-order valence-corrected chi connectivity index (χ0v) is 13.5. The van der Waals surface area contributed by atoms with Gasteiger partial charge in [0.1, 0.15) is 0 Å². The molecule has 120 valence electrons. The minimum atomic E-state index is -0.412. The Balaban J connectivity index is 2.47. The molecule has 0 aliphatic rings. The SMILES string of the molecule is CC(C)Cn1c(=O)c2cc3c(=O)n(C(C)C)c(=O)c3cc2c1=O. The van der Waals surface area contributed by atoms with Gasteiger partial charge in [-0.15, -0.1) is 0 Å². The van der Waals surface area contributed by atoms with E-state index in [0.29, 0.717) is 6.54 Å². The second kappa shape index (κ2) is 5.01. The van der Waals surface area contributed by atoms with Crippen molar-refractivity contribution in [2.24, 2.45) is 5.92 Å². The van der Waals surface area contributed by atoms with E-state index in [1.54, 1.807) is 13.8 Å². The van der Waals surface area contributed by atoms with Crippen LogP contribution in [-0.4, -0.2) is 9.13 Å². The molecule has 0 atom stereocenters. The van der Waals surface area contributed by atoms with Crippen LogP contribution in [0.25, 0.3) is 21.5 Å². The molecule has 0 unspecified atom stereocenters. The number of hydrogen-bond acceptors (Lipinski definition) is 4. The molecular weight excluding hydrogens is 296 g/mol. The smallest absolute Gasteiger partial charge is 0.261 e. The van der Waals surface area contributed by atoms with Crippen LogP contribution >= 0.6 is 0 Å². The first-order valence-corrected chi connectivity index (χ1v) is 7.66. The Morgan fingerprint density at radius 1 is 0.739 bits per heavy atom. The van der Waals surface area contributed by atoms with Gasteiger partial charge in [0.2, 0.25) is 0 Å². The summed E-state index contributed by atoms with van der Waals surface area (Å²) in [6.45, 7) is 7.64. The van der Waals surface area contributed by atoms with E-state index in [0.717, 1.165) is 4.57 Å². The minimum Gasteiger partial charge on any atom is -0.274 e. The molecule has 3 aromatic rings. The van der Waals surface area contributed by atoms with Crippen LogP contribution in [0.15, 0.2) is 31.3 Å². The summed E-state index contributed by atoms with van der Waals surface area (Å²) < 4.78 is 2.33. The molecule has 6 nitrogen and oxygen atoms in total. The molecule has 0 N–H and O–H groups in total. The van der Waals surface area contributed by atoms with Gasteiger partial charge in [-0.3, -0.25) is 28.3 Å². The highest BCUT2D eigenvalue weighted by atomic mass is 16.2. The normalized spacial score (nSPS) is 12.3. The van der Waals surface area contributed by atoms with Crippen LogP contribution in [-0.2, 0) is 6.54 Å². The van der Waals surface area contributed by atoms with Gasteiger partial charge >= 0.3 is 0 Å². The minimum absolute atomic E-state index is 0.142. The Kier molecular flexibility index (Phi) is 3.35. The highest BCUT2D eigenvalue weighted by molar-refractivity contribution is 5.97. The number of fused-ring (bicyclic) bond motifs is 2. The van der Waals surface area contributed by atoms with E-state index >= 15 is 0 Å². The summed E-state index contributed by atoms with van der Waals surface area (Å²) in [7, 11) is 0. The van der Waals surface area contributed by atoms with Crippen molar-refractivity contribution in [3.63, 3.8) is 0 Å². The summed E-state index contributed by atoms with van der Waals surface area (Å²) in [5.74, 6) is 0.142. The first-order chi connectivity index (χ1) is 10.7. The lowest BCUT2D eigenvalue weighted by Gasteiger charge is -2.02. The lowest BCUT2D eigenvalue weighted by atomic mass is 10.1. The summed E-state index contributed by atoms with van der Waals surface area (Å²) in [5.41, 5.74) is -1.62. The molecule has 0 aliphatic heterocycles. The zero-order chi connectivity index (χ0) is 17.0. The number of hydrogen-bond donors (Lipinski definition) is 0. The van der Waals surface area contributed by atoms with Crippen LogP contribution in [0.3, 0.4) is 0 Å². The fourth-order valence-corrected chi connectivity index (χ4v) is 3.04. The van der Waals surface area contributed by atoms with Crippen molar-refractivity contribution in [1.82, 2.24) is 9.13 Å². The van der Waals surface area contributed by atoms with Gasteiger partial charge in [0, 0.05) is 12.6 Å². The maximum Gasteiger partial charge on any atom is 0.261 e. The predicted octanol–water partition coefficient (Wildman–Crippen LogP) is 1.15. The summed E-state index contributed by atoms with van der Waals surface area (Å²) >= 11 is 0. The van der Waals surface area contributed by atoms with Crippen molar-refractivity contribution in [3.8, 4) is 0 Å². The van der Waals surface area contributed by atoms with Crippen LogP contribution in [0.5, 0.6) is 0 Å². The number of benzene rings is 1. The van der Waals surface area contributed by atoms with Crippen LogP contribution in [0.1, 0.15) is 33.7 Å². The Hall–Kier alpha value is -2.50. The molecule has 23 heavy (non-hydrogen) atoms. The van der Waals surface area contributed by atoms with Gasteiger partial charge in [-0.25, -0.2) is 0 Å². The van der Waals surface area contributed by atoms with E-state index in [4.69, 9.17) is 0 Å². The van der Waals surface area contributed by atoms with E-state index < -0.39 is 22.2 Å². The molecule has 2 aromatic heterocycles. The third-order valence-electron chi connectivity index (χ3n) is 4.07. The maximum absolute atomic E-state index is 12.4. The first kappa shape index (κ1) is 15.4. The zero-order valence-electron chi connectivity index (χ0n) is 13.5. The monoisotopic (exact) mass is 314 g/mol. The fraction of sp³-hybridized carbons (Fsp3) is 0.412. The fourth-order valence-electron chi connectivity index (χ4n) is 3.04. The van der Waals surface area contributed by atoms with Crippen molar-refractivity contribution in [3.05, 3.63) is 53.5 Å². The molecular formula is C17H18N2O4. The number of aromatic nitrogens is 2. The van der Waals surface area contributed by atoms with Gasteiger partial charge in [0.25, 0.3) is 22.2 Å². The van der Waals surface area contributed by atoms with Crippen molar-refractivity contribution < 1.29 is 0 Å². The van der Waals surface area contributed by atoms with Crippen LogP contribution in [0, 0.1) is 5.92 Å². The van der Waals surface area contributed by atoms with E-state index in [1.165, 1.54) is 16.7 Å². The second-order valence-corrected chi connectivity index (χ2v) is 6.63. The molecule has 0 amide bonds. The molecule has 3 rings (SSSR count). The average Bonchev–Trinajstić information content (AvgIpc) is 2.84. The van der Waals surface area contributed by atoms with Gasteiger partial charge in [0.05, 0.1) is 21.5 Å². The highest BCUT2D eigenvalue weighted by Crippen LogP contribution is 2.15. The number of nitrogens with zero attached hydrogens (tertiary/aromatic N) is 2. The quantitative estimate of drug-likeness (QED) is 0.726. The first-order valence-electron chi connectivity index (χ1n) is 7.66. The van der Waals surface area contributed by atoms with E-state index in [-0.39, 0.29) is 33.5 Å². The van der Waals surface area contributed by atoms with Gasteiger partial charge in [-0.05, 0) is 31.9 Å². The topological polar surface area (TPSA) is 78.1 Å². The van der Waals surface area contributed by atoms with Crippen molar-refractivity contribution in [2.45, 2.75) is 40.3 Å². The molecule has 2 heterocycles. The maximum atomic E-state index is 12.4. The van der Waals surface area contributed by atoms with Gasteiger partial charge < -0.3 is 0 Å². The molecule has 1 aromatic carbocycles. The van der Waals surface area contributed by atoms with E-state index in [1.807, 2.05) is 13.8 Å². The van der Waals surface area contributed by atoms with Gasteiger partial charge in [0.15, 0.2) is 0 Å². The molecule has 0 spiro atoms. The molecule has 6 heteroatoms. The third kappa shape index (κ3) is 2.09. The lowest BCUT2D eigenvalue weighted by molar-refractivity contribution is 0.508. The summed E-state index contributed by atoms with van der Waals surface area (Å²) in [5, 5.41) is 0.826. The second-order valence-electron chi connectivity index (χ2n) is 6.63. The van der Waals surface area contributed by atoms with Crippen molar-refractivity contribution in [2.75, 3.05) is 0 Å². The summed E-state index contributed by atoms with van der Waals surface area (Å²) in [6, 6.07) is 2.52. The third-order valence-corrected chi connectivity index (χ3v) is 4.07. The average molecular weight is 314 g/mol. The Morgan fingerprint density at radius 2 is 1.13 bits per heavy atom. The Labute approximate surface area is 131 Å². The van der Waals surface area contributed by atoms with Crippen LogP contribution in [0.4, 0.5) is 0 Å². The summed E-state index contributed by atoms with van der Waals surface area (Å²) in [6.07, 6.45) is 0. The Bertz CT molecular complexity index is 1040. The standard InChI is InChI=1S/C17H18N2O4/c1-8(2)7-18-14(20)10-5-12-13(6-11(10)15(18)21)17(23)19(9(3)4)16(12)22/h5-6,8-9H,7H2,1-4H3. The van der Waals surface area contributed by atoms with Crippen molar-refractivity contribution >= 4 is 21.5 Å². The number of rotatable bonds is 3. The van der Waals surface area contributed by atoms with E-state index in [9.17, 15) is 19.2 Å². The molecule has 0 bridgehead atoms.